The molecule has 2 N–H and O–H groups in total. The average Bonchev–Trinajstić information content (AvgIpc) is 3.10. The van der Waals surface area contributed by atoms with Crippen molar-refractivity contribution in [1.82, 2.24) is 15.2 Å². The van der Waals surface area contributed by atoms with Gasteiger partial charge in [-0.2, -0.15) is 0 Å². The Labute approximate surface area is 195 Å². The lowest BCUT2D eigenvalue weighted by Gasteiger charge is -2.32. The topological polar surface area (TPSA) is 91.5 Å². The number of benzene rings is 1. The van der Waals surface area contributed by atoms with E-state index in [0.29, 0.717) is 44.8 Å². The van der Waals surface area contributed by atoms with E-state index in [4.69, 9.17) is 4.74 Å². The minimum Gasteiger partial charge on any atom is -0.461 e. The molecule has 178 valence electrons. The number of nitrogens with zero attached hydrogens (tertiary/aromatic N) is 1. The van der Waals surface area contributed by atoms with Crippen LogP contribution in [0.15, 0.2) is 24.3 Å². The summed E-state index contributed by atoms with van der Waals surface area (Å²) in [6.45, 7) is 9.56. The first-order valence-corrected chi connectivity index (χ1v) is 11.8. The van der Waals surface area contributed by atoms with Gasteiger partial charge in [-0.3, -0.25) is 9.59 Å². The maximum absolute atomic E-state index is 12.9. The van der Waals surface area contributed by atoms with E-state index in [0.717, 1.165) is 40.8 Å². The molecule has 3 rings (SSSR count). The van der Waals surface area contributed by atoms with Gasteiger partial charge < -0.3 is 19.9 Å². The van der Waals surface area contributed by atoms with E-state index < -0.39 is 0 Å². The van der Waals surface area contributed by atoms with Gasteiger partial charge in [0, 0.05) is 31.7 Å². The van der Waals surface area contributed by atoms with Crippen molar-refractivity contribution in [3.05, 3.63) is 57.9 Å². The lowest BCUT2D eigenvalue weighted by Crippen LogP contribution is -2.45. The summed E-state index contributed by atoms with van der Waals surface area (Å²) in [7, 11) is 0. The zero-order chi connectivity index (χ0) is 24.0. The fourth-order valence-corrected chi connectivity index (χ4v) is 4.51. The van der Waals surface area contributed by atoms with Gasteiger partial charge in [0.2, 0.25) is 11.8 Å². The molecule has 2 amide bonds. The molecule has 1 atom stereocenters. The van der Waals surface area contributed by atoms with Crippen molar-refractivity contribution in [3.8, 4) is 0 Å². The number of nitrogens with one attached hydrogen (secondary N) is 2. The fourth-order valence-electron chi connectivity index (χ4n) is 4.51. The van der Waals surface area contributed by atoms with Crippen LogP contribution in [0, 0.1) is 26.7 Å². The monoisotopic (exact) mass is 453 g/mol. The first-order valence-electron chi connectivity index (χ1n) is 11.8. The SMILES string of the molecule is CCOC(=O)c1[nH]c(C)c(CCC(=O)N2CCC[C@@H](C(=O)NCc3ccccc3C)C2)c1C. The van der Waals surface area contributed by atoms with Crippen LogP contribution in [0.25, 0.3) is 0 Å². The highest BCUT2D eigenvalue weighted by Gasteiger charge is 2.28. The number of amides is 2. The van der Waals surface area contributed by atoms with Crippen LogP contribution in [-0.2, 0) is 27.3 Å². The average molecular weight is 454 g/mol. The summed E-state index contributed by atoms with van der Waals surface area (Å²) in [6, 6.07) is 8.01. The summed E-state index contributed by atoms with van der Waals surface area (Å²) in [5.74, 6) is -0.500. The molecule has 0 spiro atoms. The molecule has 2 aromatic rings. The number of ether oxygens (including phenoxy) is 1. The molecule has 0 radical (unpaired) electrons. The first kappa shape index (κ1) is 24.6. The largest absolute Gasteiger partial charge is 0.461 e. The highest BCUT2D eigenvalue weighted by Crippen LogP contribution is 2.22. The molecule has 7 heteroatoms. The van der Waals surface area contributed by atoms with Gasteiger partial charge in [0.25, 0.3) is 0 Å². The lowest BCUT2D eigenvalue weighted by molar-refractivity contribution is -0.135. The van der Waals surface area contributed by atoms with Crippen molar-refractivity contribution in [1.29, 1.82) is 0 Å². The third kappa shape index (κ3) is 6.03. The zero-order valence-corrected chi connectivity index (χ0v) is 20.1. The molecule has 0 saturated carbocycles. The molecule has 2 heterocycles. The molecule has 1 aromatic heterocycles. The normalized spacial score (nSPS) is 15.9. The lowest BCUT2D eigenvalue weighted by atomic mass is 9.96. The first-order chi connectivity index (χ1) is 15.8. The standard InChI is InChI=1S/C26H35N3O4/c1-5-33-26(32)24-18(3)22(19(4)28-24)12-13-23(30)29-14-8-11-21(16-29)25(31)27-15-20-10-7-6-9-17(20)2/h6-7,9-10,21,28H,5,8,11-16H2,1-4H3,(H,27,31)/t21-/m1/s1. The number of rotatable bonds is 8. The van der Waals surface area contributed by atoms with E-state index >= 15 is 0 Å². The Morgan fingerprint density at radius 2 is 1.94 bits per heavy atom. The highest BCUT2D eigenvalue weighted by molar-refractivity contribution is 5.90. The molecular weight excluding hydrogens is 418 g/mol. The number of hydrogen-bond donors (Lipinski definition) is 2. The predicted molar refractivity (Wildman–Crippen MR) is 127 cm³/mol. The molecule has 1 aromatic carbocycles. The smallest absolute Gasteiger partial charge is 0.355 e. The predicted octanol–water partition coefficient (Wildman–Crippen LogP) is 3.60. The molecular formula is C26H35N3O4. The van der Waals surface area contributed by atoms with Crippen LogP contribution < -0.4 is 5.32 Å². The Hall–Kier alpha value is -3.09. The Morgan fingerprint density at radius 1 is 1.18 bits per heavy atom. The zero-order valence-electron chi connectivity index (χ0n) is 20.1. The van der Waals surface area contributed by atoms with Crippen molar-refractivity contribution in [3.63, 3.8) is 0 Å². The second kappa shape index (κ2) is 11.2. The summed E-state index contributed by atoms with van der Waals surface area (Å²) >= 11 is 0. The molecule has 1 aliphatic rings. The Balaban J connectivity index is 1.54. The molecule has 1 fully saturated rings. The number of esters is 1. The van der Waals surface area contributed by atoms with E-state index in [9.17, 15) is 14.4 Å². The second-order valence-corrected chi connectivity index (χ2v) is 8.77. The van der Waals surface area contributed by atoms with Crippen molar-refractivity contribution in [2.45, 2.75) is 59.9 Å². The van der Waals surface area contributed by atoms with Crippen molar-refractivity contribution in [2.24, 2.45) is 5.92 Å². The van der Waals surface area contributed by atoms with Crippen molar-refractivity contribution < 1.29 is 19.1 Å². The molecule has 0 aliphatic carbocycles. The molecule has 33 heavy (non-hydrogen) atoms. The van der Waals surface area contributed by atoms with E-state index in [-0.39, 0.29) is 23.7 Å². The number of hydrogen-bond acceptors (Lipinski definition) is 4. The van der Waals surface area contributed by atoms with Crippen molar-refractivity contribution in [2.75, 3.05) is 19.7 Å². The van der Waals surface area contributed by atoms with Gasteiger partial charge in [-0.15, -0.1) is 0 Å². The van der Waals surface area contributed by atoms with Gasteiger partial charge in [0.05, 0.1) is 12.5 Å². The number of carbonyl (C=O) groups excluding carboxylic acids is 3. The van der Waals surface area contributed by atoms with Gasteiger partial charge in [-0.25, -0.2) is 4.79 Å². The molecule has 7 nitrogen and oxygen atoms in total. The van der Waals surface area contributed by atoms with Crippen LogP contribution in [0.3, 0.4) is 0 Å². The van der Waals surface area contributed by atoms with Crippen LogP contribution in [0.4, 0.5) is 0 Å². The summed E-state index contributed by atoms with van der Waals surface area (Å²) < 4.78 is 5.10. The maximum atomic E-state index is 12.9. The van der Waals surface area contributed by atoms with Crippen molar-refractivity contribution >= 4 is 17.8 Å². The van der Waals surface area contributed by atoms with Gasteiger partial charge in [0.15, 0.2) is 0 Å². The van der Waals surface area contributed by atoms with Gasteiger partial charge in [0.1, 0.15) is 5.69 Å². The Bertz CT molecular complexity index is 1010. The highest BCUT2D eigenvalue weighted by atomic mass is 16.5. The van der Waals surface area contributed by atoms with Crippen LogP contribution in [-0.4, -0.2) is 47.4 Å². The summed E-state index contributed by atoms with van der Waals surface area (Å²) in [5, 5.41) is 3.04. The third-order valence-corrected chi connectivity index (χ3v) is 6.52. The number of carbonyl (C=O) groups is 3. The summed E-state index contributed by atoms with van der Waals surface area (Å²) in [5.41, 5.74) is 5.42. The maximum Gasteiger partial charge on any atom is 0.355 e. The Kier molecular flexibility index (Phi) is 8.31. The molecule has 1 saturated heterocycles. The number of aromatic amines is 1. The van der Waals surface area contributed by atoms with Crippen LogP contribution >= 0.6 is 0 Å². The fraction of sp³-hybridized carbons (Fsp3) is 0.500. The molecule has 0 bridgehead atoms. The number of H-pyrrole nitrogens is 1. The van der Waals surface area contributed by atoms with Crippen LogP contribution in [0.2, 0.25) is 0 Å². The second-order valence-electron chi connectivity index (χ2n) is 8.77. The van der Waals surface area contributed by atoms with Gasteiger partial charge in [-0.1, -0.05) is 24.3 Å². The molecule has 0 unspecified atom stereocenters. The Morgan fingerprint density at radius 3 is 2.67 bits per heavy atom. The van der Waals surface area contributed by atoms with E-state index in [1.54, 1.807) is 6.92 Å². The summed E-state index contributed by atoms with van der Waals surface area (Å²) in [4.78, 5) is 42.7. The number of piperidine rings is 1. The minimum absolute atomic E-state index is 0.00662. The van der Waals surface area contributed by atoms with Crippen LogP contribution in [0.1, 0.15) is 64.6 Å². The van der Waals surface area contributed by atoms with E-state index in [2.05, 4.69) is 10.3 Å². The number of aryl methyl sites for hydroxylation is 2. The number of likely N-dealkylation sites (tertiary alicyclic amines) is 1. The van der Waals surface area contributed by atoms with Gasteiger partial charge in [-0.05, 0) is 69.2 Å². The van der Waals surface area contributed by atoms with E-state index in [1.165, 1.54) is 0 Å². The van der Waals surface area contributed by atoms with Gasteiger partial charge >= 0.3 is 5.97 Å². The number of aromatic nitrogens is 1. The van der Waals surface area contributed by atoms with E-state index in [1.807, 2.05) is 49.9 Å². The molecule has 1 aliphatic heterocycles. The summed E-state index contributed by atoms with van der Waals surface area (Å²) in [6.07, 6.45) is 2.51. The third-order valence-electron chi connectivity index (χ3n) is 6.52. The quantitative estimate of drug-likeness (QED) is 0.598. The minimum atomic E-state index is -0.369. The van der Waals surface area contributed by atoms with Crippen LogP contribution in [0.5, 0.6) is 0 Å².